The number of hydrogen-bond donors (Lipinski definition) is 1. The first kappa shape index (κ1) is 16.0. The van der Waals surface area contributed by atoms with E-state index in [9.17, 15) is 9.59 Å². The summed E-state index contributed by atoms with van der Waals surface area (Å²) in [6.07, 6.45) is 0.579. The smallest absolute Gasteiger partial charge is 0.242 e. The van der Waals surface area contributed by atoms with Crippen LogP contribution in [0.4, 0.5) is 0 Å². The zero-order valence-electron chi connectivity index (χ0n) is 12.8. The van der Waals surface area contributed by atoms with Crippen LogP contribution >= 0.6 is 0 Å². The molecule has 2 rings (SSSR count). The van der Waals surface area contributed by atoms with Crippen molar-refractivity contribution in [3.8, 4) is 5.75 Å². The van der Waals surface area contributed by atoms with Crippen LogP contribution < -0.4 is 10.5 Å². The first-order valence-electron chi connectivity index (χ1n) is 7.13. The molecule has 0 saturated heterocycles. The van der Waals surface area contributed by atoms with E-state index >= 15 is 0 Å². The number of carbonyl (C=O) groups is 2. The number of imide groups is 1. The Bertz CT molecular complexity index is 697. The Hall–Kier alpha value is -2.40. The van der Waals surface area contributed by atoms with E-state index in [4.69, 9.17) is 10.5 Å². The van der Waals surface area contributed by atoms with Crippen molar-refractivity contribution in [1.29, 1.82) is 0 Å². The summed E-state index contributed by atoms with van der Waals surface area (Å²) in [5.74, 6) is 0.139. The van der Waals surface area contributed by atoms with Crippen LogP contribution in [0.25, 0.3) is 10.8 Å². The fraction of sp³-hybridized carbons (Fsp3) is 0.294. The zero-order valence-corrected chi connectivity index (χ0v) is 12.8. The molecular formula is C17H20N2O3. The molecule has 2 amide bonds. The first-order chi connectivity index (χ1) is 10.6. The lowest BCUT2D eigenvalue weighted by Gasteiger charge is -2.18. The van der Waals surface area contributed by atoms with E-state index in [2.05, 4.69) is 0 Å². The van der Waals surface area contributed by atoms with Gasteiger partial charge in [-0.15, -0.1) is 0 Å². The number of amides is 2. The molecule has 0 radical (unpaired) electrons. The molecule has 5 heteroatoms. The Morgan fingerprint density at radius 3 is 2.64 bits per heavy atom. The summed E-state index contributed by atoms with van der Waals surface area (Å²) in [5, 5.41) is 2.16. The van der Waals surface area contributed by atoms with Crippen molar-refractivity contribution in [2.24, 2.45) is 5.73 Å². The van der Waals surface area contributed by atoms with Gasteiger partial charge in [0.25, 0.3) is 0 Å². The maximum Gasteiger partial charge on any atom is 0.242 e. The summed E-state index contributed by atoms with van der Waals surface area (Å²) < 4.78 is 5.26. The minimum Gasteiger partial charge on any atom is -0.497 e. The lowest BCUT2D eigenvalue weighted by molar-refractivity contribution is -0.142. The molecule has 2 aromatic carbocycles. The average Bonchev–Trinajstić information content (AvgIpc) is 2.54. The first-order valence-corrected chi connectivity index (χ1v) is 7.13. The van der Waals surface area contributed by atoms with Gasteiger partial charge >= 0.3 is 0 Å². The van der Waals surface area contributed by atoms with Gasteiger partial charge in [-0.25, -0.2) is 0 Å². The summed E-state index contributed by atoms with van der Waals surface area (Å²) in [6.45, 7) is 1.53. The van der Waals surface area contributed by atoms with Gasteiger partial charge in [0.1, 0.15) is 5.75 Å². The number of ether oxygens (including phenoxy) is 1. The highest BCUT2D eigenvalue weighted by Crippen LogP contribution is 2.24. The van der Waals surface area contributed by atoms with Crippen LogP contribution in [0.5, 0.6) is 5.75 Å². The Labute approximate surface area is 129 Å². The molecule has 0 atom stereocenters. The molecule has 116 valence electrons. The van der Waals surface area contributed by atoms with Crippen molar-refractivity contribution in [3.63, 3.8) is 0 Å². The standard InChI is InChI=1S/C17H20N2O3/c1-12(20)19(17(21)11-18)9-8-14-5-3-4-13-6-7-15(22-2)10-16(13)14/h3-7,10H,8-9,11,18H2,1-2H3. The van der Waals surface area contributed by atoms with Crippen LogP contribution in [0.2, 0.25) is 0 Å². The second-order valence-corrected chi connectivity index (χ2v) is 5.02. The van der Waals surface area contributed by atoms with E-state index in [1.165, 1.54) is 11.8 Å². The van der Waals surface area contributed by atoms with Gasteiger partial charge in [0.05, 0.1) is 13.7 Å². The highest BCUT2D eigenvalue weighted by Gasteiger charge is 2.16. The maximum absolute atomic E-state index is 11.7. The summed E-state index contributed by atoms with van der Waals surface area (Å²) in [6, 6.07) is 11.8. The molecule has 0 aliphatic heterocycles. The topological polar surface area (TPSA) is 72.6 Å². The SMILES string of the molecule is COc1ccc2cccc(CCN(C(C)=O)C(=O)CN)c2c1. The van der Waals surface area contributed by atoms with Gasteiger partial charge in [-0.3, -0.25) is 14.5 Å². The molecule has 0 fully saturated rings. The van der Waals surface area contributed by atoms with Crippen molar-refractivity contribution >= 4 is 22.6 Å². The van der Waals surface area contributed by atoms with Crippen LogP contribution in [0, 0.1) is 0 Å². The molecule has 5 nitrogen and oxygen atoms in total. The maximum atomic E-state index is 11.7. The molecule has 22 heavy (non-hydrogen) atoms. The van der Waals surface area contributed by atoms with Crippen molar-refractivity contribution in [3.05, 3.63) is 42.0 Å². The molecule has 0 unspecified atom stereocenters. The number of benzene rings is 2. The Balaban J connectivity index is 2.27. The summed E-state index contributed by atoms with van der Waals surface area (Å²) in [7, 11) is 1.63. The third-order valence-electron chi connectivity index (χ3n) is 3.64. The van der Waals surface area contributed by atoms with Crippen molar-refractivity contribution in [2.75, 3.05) is 20.2 Å². The predicted octanol–water partition coefficient (Wildman–Crippen LogP) is 1.72. The summed E-state index contributed by atoms with van der Waals surface area (Å²) in [4.78, 5) is 24.5. The molecule has 0 heterocycles. The summed E-state index contributed by atoms with van der Waals surface area (Å²) in [5.41, 5.74) is 6.41. The summed E-state index contributed by atoms with van der Waals surface area (Å²) >= 11 is 0. The van der Waals surface area contributed by atoms with Crippen molar-refractivity contribution < 1.29 is 14.3 Å². The van der Waals surface area contributed by atoms with E-state index in [0.717, 1.165) is 22.1 Å². The van der Waals surface area contributed by atoms with E-state index in [0.29, 0.717) is 13.0 Å². The largest absolute Gasteiger partial charge is 0.497 e. The molecule has 2 N–H and O–H groups in total. The van der Waals surface area contributed by atoms with E-state index in [1.807, 2.05) is 36.4 Å². The fourth-order valence-electron chi connectivity index (χ4n) is 2.46. The van der Waals surface area contributed by atoms with Crippen molar-refractivity contribution in [2.45, 2.75) is 13.3 Å². The predicted molar refractivity (Wildman–Crippen MR) is 85.7 cm³/mol. The third-order valence-corrected chi connectivity index (χ3v) is 3.64. The number of hydrogen-bond acceptors (Lipinski definition) is 4. The fourth-order valence-corrected chi connectivity index (χ4v) is 2.46. The van der Waals surface area contributed by atoms with Crippen LogP contribution in [0.15, 0.2) is 36.4 Å². The van der Waals surface area contributed by atoms with Crippen LogP contribution in [-0.2, 0) is 16.0 Å². The lowest BCUT2D eigenvalue weighted by atomic mass is 10.0. The average molecular weight is 300 g/mol. The van der Waals surface area contributed by atoms with Gasteiger partial charge in [0, 0.05) is 13.5 Å². The van der Waals surface area contributed by atoms with Gasteiger partial charge in [0.15, 0.2) is 0 Å². The third kappa shape index (κ3) is 3.43. The van der Waals surface area contributed by atoms with E-state index < -0.39 is 0 Å². The quantitative estimate of drug-likeness (QED) is 0.912. The van der Waals surface area contributed by atoms with Gasteiger partial charge < -0.3 is 10.5 Å². The second kappa shape index (κ2) is 7.04. The Kier molecular flexibility index (Phi) is 5.12. The number of rotatable bonds is 5. The van der Waals surface area contributed by atoms with E-state index in [-0.39, 0.29) is 18.4 Å². The van der Waals surface area contributed by atoms with Gasteiger partial charge in [-0.2, -0.15) is 0 Å². The molecular weight excluding hydrogens is 280 g/mol. The molecule has 0 aliphatic carbocycles. The number of nitrogens with two attached hydrogens (primary N) is 1. The lowest BCUT2D eigenvalue weighted by Crippen LogP contribution is -2.40. The Morgan fingerprint density at radius 1 is 1.23 bits per heavy atom. The highest BCUT2D eigenvalue weighted by molar-refractivity contribution is 5.95. The minimum absolute atomic E-state index is 0.164. The second-order valence-electron chi connectivity index (χ2n) is 5.02. The van der Waals surface area contributed by atoms with E-state index in [1.54, 1.807) is 7.11 Å². The monoisotopic (exact) mass is 300 g/mol. The minimum atomic E-state index is -0.356. The molecule has 0 bridgehead atoms. The highest BCUT2D eigenvalue weighted by atomic mass is 16.5. The molecule has 0 saturated carbocycles. The molecule has 0 aromatic heterocycles. The number of nitrogens with zero attached hydrogens (tertiary/aromatic N) is 1. The number of fused-ring (bicyclic) bond motifs is 1. The van der Waals surface area contributed by atoms with Crippen LogP contribution in [-0.4, -0.2) is 36.9 Å². The molecule has 0 aliphatic rings. The van der Waals surface area contributed by atoms with Gasteiger partial charge in [-0.05, 0) is 34.9 Å². The molecule has 0 spiro atoms. The van der Waals surface area contributed by atoms with Gasteiger partial charge in [0.2, 0.25) is 11.8 Å². The number of carbonyl (C=O) groups excluding carboxylic acids is 2. The van der Waals surface area contributed by atoms with Gasteiger partial charge in [-0.1, -0.05) is 24.3 Å². The molecule has 2 aromatic rings. The normalized spacial score (nSPS) is 10.5. The van der Waals surface area contributed by atoms with Crippen molar-refractivity contribution in [1.82, 2.24) is 4.90 Å². The number of methoxy groups -OCH3 is 1. The Morgan fingerprint density at radius 2 is 2.00 bits per heavy atom. The zero-order chi connectivity index (χ0) is 16.1. The van der Waals surface area contributed by atoms with Crippen LogP contribution in [0.3, 0.4) is 0 Å². The van der Waals surface area contributed by atoms with Crippen LogP contribution in [0.1, 0.15) is 12.5 Å².